The van der Waals surface area contributed by atoms with Gasteiger partial charge < -0.3 is 43.9 Å². The summed E-state index contributed by atoms with van der Waals surface area (Å²) in [5.74, 6) is -7.96. The third kappa shape index (κ3) is 14.3. The lowest BCUT2D eigenvalue weighted by atomic mass is 9.78. The molecule has 4 aliphatic rings. The molecule has 3 aliphatic heterocycles. The third-order valence-corrected chi connectivity index (χ3v) is 14.5. The van der Waals surface area contributed by atoms with Crippen molar-refractivity contribution in [3.63, 3.8) is 0 Å². The number of cyclic esters (lactones) is 1. The molecule has 0 aromatic carbocycles. The van der Waals surface area contributed by atoms with Crippen LogP contribution in [0.1, 0.15) is 126 Å². The Morgan fingerprint density at radius 1 is 0.846 bits per heavy atom. The molecule has 15 atom stereocenters. The Morgan fingerprint density at radius 2 is 1.57 bits per heavy atom. The van der Waals surface area contributed by atoms with Crippen LogP contribution in [-0.2, 0) is 47.7 Å². The number of hydrogen-bond acceptors (Lipinski definition) is 13. The van der Waals surface area contributed by atoms with E-state index in [2.05, 4.69) is 0 Å². The zero-order valence-corrected chi connectivity index (χ0v) is 40.6. The fourth-order valence-corrected chi connectivity index (χ4v) is 10.1. The van der Waals surface area contributed by atoms with E-state index in [1.807, 2.05) is 58.1 Å². The summed E-state index contributed by atoms with van der Waals surface area (Å²) >= 11 is 0. The van der Waals surface area contributed by atoms with Crippen molar-refractivity contribution in [2.75, 3.05) is 27.9 Å². The molecule has 65 heavy (non-hydrogen) atoms. The fourth-order valence-electron chi connectivity index (χ4n) is 10.1. The van der Waals surface area contributed by atoms with Crippen molar-refractivity contribution < 1.29 is 63.0 Å². The van der Waals surface area contributed by atoms with E-state index < -0.39 is 83.9 Å². The number of carbonyl (C=O) groups is 5. The number of aliphatic hydroxyl groups excluding tert-OH is 2. The highest BCUT2D eigenvalue weighted by Crippen LogP contribution is 2.38. The number of piperidine rings is 1. The van der Waals surface area contributed by atoms with Gasteiger partial charge in [0.25, 0.3) is 11.7 Å². The average molecular weight is 914 g/mol. The van der Waals surface area contributed by atoms with Crippen molar-refractivity contribution in [2.45, 2.75) is 180 Å². The van der Waals surface area contributed by atoms with Crippen molar-refractivity contribution in [3.05, 3.63) is 47.6 Å². The van der Waals surface area contributed by atoms with Crippen molar-refractivity contribution >= 4 is 29.2 Å². The number of methoxy groups -OCH3 is 3. The molecule has 14 heteroatoms. The number of hydrogen-bond donors (Lipinski definition) is 3. The first kappa shape index (κ1) is 54.2. The number of fused-ring (bicyclic) bond motifs is 3. The molecule has 14 nitrogen and oxygen atoms in total. The van der Waals surface area contributed by atoms with Crippen LogP contribution in [-0.4, -0.2) is 132 Å². The third-order valence-electron chi connectivity index (χ3n) is 14.5. The van der Waals surface area contributed by atoms with Gasteiger partial charge in [-0.05, 0) is 107 Å². The van der Waals surface area contributed by atoms with E-state index in [9.17, 15) is 39.3 Å². The average Bonchev–Trinajstić information content (AvgIpc) is 3.28. The molecule has 3 heterocycles. The number of rotatable bonds is 6. The quantitative estimate of drug-likeness (QED) is 0.156. The highest BCUT2D eigenvalue weighted by Gasteiger charge is 2.53. The first-order chi connectivity index (χ1) is 30.7. The number of amides is 1. The summed E-state index contributed by atoms with van der Waals surface area (Å²) in [5, 5.41) is 33.8. The molecule has 3 N–H and O–H groups in total. The molecule has 1 aliphatic carbocycles. The van der Waals surface area contributed by atoms with E-state index in [-0.39, 0.29) is 54.8 Å². The normalized spacial score (nSPS) is 40.4. The highest BCUT2D eigenvalue weighted by molar-refractivity contribution is 6.39. The van der Waals surface area contributed by atoms with Crippen LogP contribution in [0.25, 0.3) is 0 Å². The van der Waals surface area contributed by atoms with E-state index >= 15 is 0 Å². The van der Waals surface area contributed by atoms with Gasteiger partial charge in [0.15, 0.2) is 5.78 Å². The van der Waals surface area contributed by atoms with E-state index in [4.69, 9.17) is 23.7 Å². The molecule has 3 fully saturated rings. The van der Waals surface area contributed by atoms with Gasteiger partial charge in [0.2, 0.25) is 5.79 Å². The maximum Gasteiger partial charge on any atom is 0.329 e. The molecule has 366 valence electrons. The standard InChI is InChI=1S/C51H79NO13/c1-30-16-12-11-13-17-31(2)42(61-8)28-38-21-19-36(7)51(60,65-38)48(57)49(58)52-23-15-14-18-39(52)50(59)64-43(33(4)26-37-20-22-40(53)44(27-37)62-9)29-41(54)32(3)25-35(6)46(56)47(63-10)45(55)34(5)24-30/h11-13,16-17,25,30,32-34,36-40,42-44,46-47,53,56,60H,14-15,18-24,26-29H2,1-10H3/b13-11+,16-12-,31-17+,35-25+/t30-,32-,33+,34-,36-,37+,38+,39+,40-,42+,43+,44-,46-,47+,51-/m1/s1. The number of nitrogens with zero attached hydrogens (tertiary/aromatic N) is 1. The van der Waals surface area contributed by atoms with Crippen LogP contribution in [0.15, 0.2) is 47.6 Å². The summed E-state index contributed by atoms with van der Waals surface area (Å²) in [7, 11) is 4.52. The molecular formula is C51H79NO13. The summed E-state index contributed by atoms with van der Waals surface area (Å²) in [6, 6.07) is -1.14. The zero-order valence-electron chi connectivity index (χ0n) is 40.6. The van der Waals surface area contributed by atoms with Gasteiger partial charge in [0.1, 0.15) is 30.1 Å². The molecule has 2 saturated heterocycles. The van der Waals surface area contributed by atoms with Crippen molar-refractivity contribution in [1.82, 2.24) is 4.90 Å². The minimum Gasteiger partial charge on any atom is -0.460 e. The van der Waals surface area contributed by atoms with E-state index in [1.165, 1.54) is 12.0 Å². The lowest BCUT2D eigenvalue weighted by Gasteiger charge is -2.42. The minimum atomic E-state index is -2.43. The second-order valence-electron chi connectivity index (χ2n) is 19.6. The van der Waals surface area contributed by atoms with Crippen LogP contribution in [0.2, 0.25) is 0 Å². The Labute approximate surface area is 387 Å². The molecule has 4 rings (SSSR count). The molecule has 0 aromatic rings. The second kappa shape index (κ2) is 25.1. The SMILES string of the molecule is CO[C@H]1C[C@@H]2CC[C@@H](C)[C@@](O)(O2)C(=O)C(=O)N2CCCC[C@H]2C(=O)O[C@H]([C@@H](C)C[C@@H]2CC[C@@H](O)[C@H](OC)C2)CC(=O)[C@H](C)/C=C(\C)[C@@H](O)[C@@H](OC)C(=O)[C@H](C)C[C@H](C)\C=C/C=C/C=C/1C. The highest BCUT2D eigenvalue weighted by atomic mass is 16.6. The Morgan fingerprint density at radius 3 is 2.25 bits per heavy atom. The first-order valence-corrected chi connectivity index (χ1v) is 23.9. The number of ether oxygens (including phenoxy) is 5. The Bertz CT molecular complexity index is 1760. The van der Waals surface area contributed by atoms with Crippen LogP contribution in [0.5, 0.6) is 0 Å². The van der Waals surface area contributed by atoms with Crippen LogP contribution in [0.3, 0.4) is 0 Å². The number of allylic oxidation sites excluding steroid dienone is 6. The summed E-state index contributed by atoms with van der Waals surface area (Å²) in [6.07, 6.45) is 11.2. The smallest absolute Gasteiger partial charge is 0.329 e. The van der Waals surface area contributed by atoms with Gasteiger partial charge in [-0.15, -0.1) is 0 Å². The molecular weight excluding hydrogens is 835 g/mol. The van der Waals surface area contributed by atoms with Crippen molar-refractivity contribution in [2.24, 2.45) is 35.5 Å². The maximum atomic E-state index is 14.4. The van der Waals surface area contributed by atoms with Gasteiger partial charge in [-0.2, -0.15) is 0 Å². The summed E-state index contributed by atoms with van der Waals surface area (Å²) in [4.78, 5) is 71.8. The van der Waals surface area contributed by atoms with Crippen LogP contribution >= 0.6 is 0 Å². The summed E-state index contributed by atoms with van der Waals surface area (Å²) in [5.41, 5.74) is 1.27. The van der Waals surface area contributed by atoms with Gasteiger partial charge in [-0.25, -0.2) is 4.79 Å². The van der Waals surface area contributed by atoms with E-state index in [0.29, 0.717) is 63.4 Å². The molecule has 1 saturated carbocycles. The number of carbonyl (C=O) groups excluding carboxylic acids is 5. The molecule has 2 bridgehead atoms. The molecule has 0 unspecified atom stereocenters. The minimum absolute atomic E-state index is 0.0193. The largest absolute Gasteiger partial charge is 0.460 e. The Hall–Kier alpha value is -3.37. The van der Waals surface area contributed by atoms with Gasteiger partial charge in [0.05, 0.1) is 24.4 Å². The van der Waals surface area contributed by atoms with Crippen molar-refractivity contribution in [1.29, 1.82) is 0 Å². The maximum absolute atomic E-state index is 14.4. The molecule has 0 spiro atoms. The topological polar surface area (TPSA) is 195 Å². The monoisotopic (exact) mass is 914 g/mol. The van der Waals surface area contributed by atoms with E-state index in [0.717, 1.165) is 12.0 Å². The molecule has 0 radical (unpaired) electrons. The second-order valence-corrected chi connectivity index (χ2v) is 19.6. The van der Waals surface area contributed by atoms with Gasteiger partial charge in [-0.3, -0.25) is 19.2 Å². The number of aliphatic hydroxyl groups is 3. The Kier molecular flexibility index (Phi) is 21.0. The lowest BCUT2D eigenvalue weighted by molar-refractivity contribution is -0.265. The van der Waals surface area contributed by atoms with E-state index in [1.54, 1.807) is 41.1 Å². The summed E-state index contributed by atoms with van der Waals surface area (Å²) < 4.78 is 29.4. The van der Waals surface area contributed by atoms with Gasteiger partial charge in [0, 0.05) is 58.5 Å². The number of esters is 1. The Balaban J connectivity index is 1.70. The molecule has 0 aromatic heterocycles. The predicted octanol–water partition coefficient (Wildman–Crippen LogP) is 6.18. The fraction of sp³-hybridized carbons (Fsp3) is 0.745. The summed E-state index contributed by atoms with van der Waals surface area (Å²) in [6.45, 7) is 12.7. The van der Waals surface area contributed by atoms with Gasteiger partial charge >= 0.3 is 5.97 Å². The number of Topliss-reactive ketones (excluding diaryl/α,β-unsaturated/α-hetero) is 3. The van der Waals surface area contributed by atoms with Crippen LogP contribution in [0.4, 0.5) is 0 Å². The lowest BCUT2D eigenvalue weighted by Crippen LogP contribution is -2.61. The zero-order chi connectivity index (χ0) is 48.2. The van der Waals surface area contributed by atoms with Gasteiger partial charge in [-0.1, -0.05) is 71.1 Å². The first-order valence-electron chi connectivity index (χ1n) is 23.9. The molecule has 1 amide bonds. The number of ketones is 3. The predicted molar refractivity (Wildman–Crippen MR) is 245 cm³/mol. The van der Waals surface area contributed by atoms with Crippen LogP contribution in [0, 0.1) is 35.5 Å². The van der Waals surface area contributed by atoms with Crippen LogP contribution < -0.4 is 0 Å². The van der Waals surface area contributed by atoms with Crippen molar-refractivity contribution in [3.8, 4) is 0 Å².